The van der Waals surface area contributed by atoms with Gasteiger partial charge in [0.05, 0.1) is 11.9 Å². The average Bonchev–Trinajstić information content (AvgIpc) is 2.06. The molecule has 1 aromatic rings. The zero-order valence-corrected chi connectivity index (χ0v) is 5.73. The van der Waals surface area contributed by atoms with Gasteiger partial charge in [0.25, 0.3) is 0 Å². The molecule has 0 aromatic heterocycles. The van der Waals surface area contributed by atoms with Gasteiger partial charge in [-0.3, -0.25) is 10.7 Å². The molecule has 0 spiro atoms. The van der Waals surface area contributed by atoms with E-state index in [9.17, 15) is 0 Å². The van der Waals surface area contributed by atoms with Crippen molar-refractivity contribution >= 4 is 11.9 Å². The number of nitrogens with zero attached hydrogens (tertiary/aromatic N) is 1. The molecule has 3 N–H and O–H groups in total. The number of rotatable bonds is 2. The number of nitrogens with one attached hydrogen (secondary N) is 1. The smallest absolute Gasteiger partial charge is 0.0755 e. The van der Waals surface area contributed by atoms with Crippen LogP contribution >= 0.6 is 0 Å². The van der Waals surface area contributed by atoms with E-state index in [-0.39, 0.29) is 0 Å². The van der Waals surface area contributed by atoms with Crippen molar-refractivity contribution < 1.29 is 10.4 Å². The second-order valence-electron chi connectivity index (χ2n) is 1.94. The van der Waals surface area contributed by atoms with Crippen molar-refractivity contribution in [1.82, 2.24) is 0 Å². The van der Waals surface area contributed by atoms with Crippen molar-refractivity contribution in [3.63, 3.8) is 0 Å². The van der Waals surface area contributed by atoms with Crippen molar-refractivity contribution in [2.45, 2.75) is 0 Å². The number of hydrogen-bond donors (Lipinski definition) is 3. The molecule has 0 aliphatic rings. The number of oxime groups is 1. The Morgan fingerprint density at radius 1 is 1.36 bits per heavy atom. The summed E-state index contributed by atoms with van der Waals surface area (Å²) in [5.74, 6) is 0. The van der Waals surface area contributed by atoms with E-state index in [1.165, 1.54) is 6.21 Å². The van der Waals surface area contributed by atoms with E-state index in [4.69, 9.17) is 10.4 Å². The molecular weight excluding hydrogens is 144 g/mol. The lowest BCUT2D eigenvalue weighted by Crippen LogP contribution is -1.94. The summed E-state index contributed by atoms with van der Waals surface area (Å²) in [7, 11) is 0. The summed E-state index contributed by atoms with van der Waals surface area (Å²) >= 11 is 0. The standard InChI is InChI=1S/C7H8N2O2/c10-8-5-6-3-1-2-4-7(6)9-11/h1-5,9-11H. The Balaban J connectivity index is 3.02. The van der Waals surface area contributed by atoms with Gasteiger partial charge in [-0.2, -0.15) is 0 Å². The molecule has 4 heteroatoms. The van der Waals surface area contributed by atoms with Crippen molar-refractivity contribution in [2.24, 2.45) is 5.16 Å². The first kappa shape index (κ1) is 7.56. The highest BCUT2D eigenvalue weighted by Crippen LogP contribution is 2.10. The van der Waals surface area contributed by atoms with E-state index < -0.39 is 0 Å². The summed E-state index contributed by atoms with van der Waals surface area (Å²) in [5.41, 5.74) is 3.11. The maximum atomic E-state index is 8.55. The van der Waals surface area contributed by atoms with E-state index in [1.807, 2.05) is 5.48 Å². The van der Waals surface area contributed by atoms with E-state index >= 15 is 0 Å². The minimum absolute atomic E-state index is 0.505. The lowest BCUT2D eigenvalue weighted by atomic mass is 10.2. The van der Waals surface area contributed by atoms with Crippen LogP contribution in [0.25, 0.3) is 0 Å². The van der Waals surface area contributed by atoms with Gasteiger partial charge in [0.2, 0.25) is 0 Å². The number of anilines is 1. The van der Waals surface area contributed by atoms with Gasteiger partial charge in [0.1, 0.15) is 0 Å². The van der Waals surface area contributed by atoms with Gasteiger partial charge in [-0.05, 0) is 6.07 Å². The lowest BCUT2D eigenvalue weighted by Gasteiger charge is -2.00. The molecule has 0 fully saturated rings. The van der Waals surface area contributed by atoms with Crippen LogP contribution in [0.3, 0.4) is 0 Å². The first-order chi connectivity index (χ1) is 5.38. The summed E-state index contributed by atoms with van der Waals surface area (Å²) in [6.07, 6.45) is 1.23. The van der Waals surface area contributed by atoms with Crippen molar-refractivity contribution in [3.8, 4) is 0 Å². The predicted molar refractivity (Wildman–Crippen MR) is 41.2 cm³/mol. The van der Waals surface area contributed by atoms with Crippen LogP contribution in [0.5, 0.6) is 0 Å². The van der Waals surface area contributed by atoms with Crippen LogP contribution in [0.1, 0.15) is 5.56 Å². The molecule has 0 amide bonds. The van der Waals surface area contributed by atoms with Crippen LogP contribution in [0.4, 0.5) is 5.69 Å². The largest absolute Gasteiger partial charge is 0.411 e. The van der Waals surface area contributed by atoms with E-state index in [1.54, 1.807) is 24.3 Å². The summed E-state index contributed by atoms with van der Waals surface area (Å²) in [6, 6.07) is 6.90. The van der Waals surface area contributed by atoms with Crippen LogP contribution in [-0.4, -0.2) is 16.6 Å². The minimum Gasteiger partial charge on any atom is -0.411 e. The Kier molecular flexibility index (Phi) is 2.46. The van der Waals surface area contributed by atoms with Crippen LogP contribution in [-0.2, 0) is 0 Å². The highest BCUT2D eigenvalue weighted by atomic mass is 16.5. The van der Waals surface area contributed by atoms with Crippen LogP contribution in [0, 0.1) is 0 Å². The first-order valence-electron chi connectivity index (χ1n) is 3.05. The van der Waals surface area contributed by atoms with Gasteiger partial charge in [-0.1, -0.05) is 23.4 Å². The fourth-order valence-corrected chi connectivity index (χ4v) is 0.774. The Hall–Kier alpha value is -1.55. The number of benzene rings is 1. The van der Waals surface area contributed by atoms with Gasteiger partial charge < -0.3 is 5.21 Å². The maximum Gasteiger partial charge on any atom is 0.0755 e. The molecule has 58 valence electrons. The first-order valence-corrected chi connectivity index (χ1v) is 3.05. The molecule has 0 heterocycles. The third-order valence-corrected chi connectivity index (χ3v) is 1.28. The zero-order chi connectivity index (χ0) is 8.10. The predicted octanol–water partition coefficient (Wildman–Crippen LogP) is 1.30. The third kappa shape index (κ3) is 1.68. The molecule has 4 nitrogen and oxygen atoms in total. The van der Waals surface area contributed by atoms with Crippen molar-refractivity contribution in [3.05, 3.63) is 29.8 Å². The fourth-order valence-electron chi connectivity index (χ4n) is 0.774. The van der Waals surface area contributed by atoms with Crippen LogP contribution in [0.15, 0.2) is 29.4 Å². The molecule has 0 unspecified atom stereocenters. The minimum atomic E-state index is 0.505. The molecule has 0 aliphatic carbocycles. The fraction of sp³-hybridized carbons (Fsp3) is 0. The number of para-hydroxylation sites is 1. The molecule has 0 saturated heterocycles. The average molecular weight is 152 g/mol. The summed E-state index contributed by atoms with van der Waals surface area (Å²) in [4.78, 5) is 0. The van der Waals surface area contributed by atoms with E-state index in [0.29, 0.717) is 11.3 Å². The quantitative estimate of drug-likeness (QED) is 0.340. The maximum absolute atomic E-state index is 8.55. The van der Waals surface area contributed by atoms with E-state index in [2.05, 4.69) is 5.16 Å². The Labute approximate surface area is 63.7 Å². The Bertz CT molecular complexity index is 260. The second-order valence-corrected chi connectivity index (χ2v) is 1.94. The highest BCUT2D eigenvalue weighted by Gasteiger charge is 1.94. The summed E-state index contributed by atoms with van der Waals surface area (Å²) < 4.78 is 0. The van der Waals surface area contributed by atoms with Crippen LogP contribution in [0.2, 0.25) is 0 Å². The zero-order valence-electron chi connectivity index (χ0n) is 5.73. The molecular formula is C7H8N2O2. The number of hydrogen-bond acceptors (Lipinski definition) is 4. The van der Waals surface area contributed by atoms with Gasteiger partial charge in [0, 0.05) is 5.56 Å². The van der Waals surface area contributed by atoms with Gasteiger partial charge in [-0.15, -0.1) is 0 Å². The second kappa shape index (κ2) is 3.58. The summed E-state index contributed by atoms with van der Waals surface area (Å²) in [6.45, 7) is 0. The molecule has 0 bridgehead atoms. The Morgan fingerprint density at radius 3 is 2.73 bits per heavy atom. The molecule has 0 saturated carbocycles. The monoisotopic (exact) mass is 152 g/mol. The molecule has 0 aliphatic heterocycles. The normalized spacial score (nSPS) is 10.3. The molecule has 11 heavy (non-hydrogen) atoms. The van der Waals surface area contributed by atoms with Crippen LogP contribution < -0.4 is 5.48 Å². The van der Waals surface area contributed by atoms with E-state index in [0.717, 1.165) is 0 Å². The SMILES string of the molecule is ON=Cc1ccccc1NO. The lowest BCUT2D eigenvalue weighted by molar-refractivity contribution is 0.322. The highest BCUT2D eigenvalue weighted by molar-refractivity contribution is 5.86. The Morgan fingerprint density at radius 2 is 2.09 bits per heavy atom. The topological polar surface area (TPSA) is 64.9 Å². The molecule has 0 radical (unpaired) electrons. The molecule has 0 atom stereocenters. The van der Waals surface area contributed by atoms with Crippen molar-refractivity contribution in [2.75, 3.05) is 5.48 Å². The molecule has 1 rings (SSSR count). The van der Waals surface area contributed by atoms with Gasteiger partial charge in [-0.25, -0.2) is 0 Å². The van der Waals surface area contributed by atoms with Gasteiger partial charge >= 0.3 is 0 Å². The molecule has 1 aromatic carbocycles. The van der Waals surface area contributed by atoms with Crippen molar-refractivity contribution in [1.29, 1.82) is 0 Å². The van der Waals surface area contributed by atoms with Gasteiger partial charge in [0.15, 0.2) is 0 Å². The third-order valence-electron chi connectivity index (χ3n) is 1.28. The summed E-state index contributed by atoms with van der Waals surface area (Å²) in [5, 5.41) is 19.6.